The maximum atomic E-state index is 5.83. The first-order chi connectivity index (χ1) is 9.54. The van der Waals surface area contributed by atoms with Gasteiger partial charge in [0.05, 0.1) is 11.0 Å². The lowest BCUT2D eigenvalue weighted by atomic mass is 10.1. The predicted molar refractivity (Wildman–Crippen MR) is 83.1 cm³/mol. The van der Waals surface area contributed by atoms with Crippen LogP contribution in [0.3, 0.4) is 0 Å². The zero-order valence-electron chi connectivity index (χ0n) is 11.7. The van der Waals surface area contributed by atoms with Crippen LogP contribution >= 0.6 is 11.8 Å². The minimum atomic E-state index is 0.567. The van der Waals surface area contributed by atoms with Gasteiger partial charge in [-0.3, -0.25) is 0 Å². The van der Waals surface area contributed by atoms with E-state index in [2.05, 4.69) is 40.9 Å². The Balaban J connectivity index is 2.01. The molecular weight excluding hydrogens is 268 g/mol. The molecule has 0 unspecified atom stereocenters. The molecule has 0 spiro atoms. The van der Waals surface area contributed by atoms with Crippen molar-refractivity contribution in [3.63, 3.8) is 0 Å². The fraction of sp³-hybridized carbons (Fsp3) is 0.200. The number of nitrogens with one attached hydrogen (secondary N) is 1. The van der Waals surface area contributed by atoms with Crippen LogP contribution in [-0.2, 0) is 0 Å². The second-order valence-corrected chi connectivity index (χ2v) is 5.95. The molecule has 5 heteroatoms. The number of H-pyrrole nitrogens is 1. The van der Waals surface area contributed by atoms with E-state index in [9.17, 15) is 0 Å². The normalized spacial score (nSPS) is 11.2. The number of aryl methyl sites for hydroxylation is 2. The van der Waals surface area contributed by atoms with E-state index in [1.807, 2.05) is 13.0 Å². The van der Waals surface area contributed by atoms with E-state index in [0.29, 0.717) is 5.82 Å². The van der Waals surface area contributed by atoms with Crippen molar-refractivity contribution < 1.29 is 0 Å². The second kappa shape index (κ2) is 4.83. The van der Waals surface area contributed by atoms with Crippen LogP contribution in [0, 0.1) is 20.8 Å². The van der Waals surface area contributed by atoms with Crippen molar-refractivity contribution in [3.05, 3.63) is 41.1 Å². The molecule has 3 aromatic rings. The molecule has 1 aromatic carbocycles. The van der Waals surface area contributed by atoms with Crippen molar-refractivity contribution in [1.82, 2.24) is 15.0 Å². The summed E-state index contributed by atoms with van der Waals surface area (Å²) in [6, 6.07) is 6.20. The topological polar surface area (TPSA) is 67.6 Å². The van der Waals surface area contributed by atoms with E-state index in [0.717, 1.165) is 26.6 Å². The monoisotopic (exact) mass is 284 g/mol. The summed E-state index contributed by atoms with van der Waals surface area (Å²) in [5.41, 5.74) is 11.4. The van der Waals surface area contributed by atoms with E-state index < -0.39 is 0 Å². The Morgan fingerprint density at radius 1 is 1.15 bits per heavy atom. The maximum Gasteiger partial charge on any atom is 0.171 e. The quantitative estimate of drug-likeness (QED) is 0.754. The summed E-state index contributed by atoms with van der Waals surface area (Å²) in [7, 11) is 0. The number of imidazole rings is 1. The third kappa shape index (κ3) is 2.25. The Hall–Kier alpha value is -2.01. The molecule has 2 heterocycles. The molecule has 102 valence electrons. The van der Waals surface area contributed by atoms with Crippen LogP contribution in [0.1, 0.15) is 16.7 Å². The van der Waals surface area contributed by atoms with Crippen LogP contribution < -0.4 is 5.73 Å². The number of hydrogen-bond acceptors (Lipinski definition) is 4. The van der Waals surface area contributed by atoms with Crippen LogP contribution in [0.4, 0.5) is 5.82 Å². The SMILES string of the molecule is Cc1cc2nc(Sc3ccnc(N)c3C)[nH]c2cc1C. The number of hydrogen-bond donors (Lipinski definition) is 2. The maximum absolute atomic E-state index is 5.83. The molecule has 0 amide bonds. The van der Waals surface area contributed by atoms with Gasteiger partial charge in [0.25, 0.3) is 0 Å². The lowest BCUT2D eigenvalue weighted by Gasteiger charge is -2.04. The van der Waals surface area contributed by atoms with Gasteiger partial charge >= 0.3 is 0 Å². The average Bonchev–Trinajstić information content (AvgIpc) is 2.77. The van der Waals surface area contributed by atoms with Gasteiger partial charge in [0, 0.05) is 16.7 Å². The van der Waals surface area contributed by atoms with Crippen LogP contribution in [0.15, 0.2) is 34.4 Å². The van der Waals surface area contributed by atoms with E-state index in [1.54, 1.807) is 18.0 Å². The Bertz CT molecular complexity index is 753. The number of pyridine rings is 1. The van der Waals surface area contributed by atoms with E-state index in [4.69, 9.17) is 5.73 Å². The number of nitrogens with two attached hydrogens (primary N) is 1. The minimum absolute atomic E-state index is 0.567. The van der Waals surface area contributed by atoms with Gasteiger partial charge in [-0.25, -0.2) is 9.97 Å². The summed E-state index contributed by atoms with van der Waals surface area (Å²) in [4.78, 5) is 13.1. The summed E-state index contributed by atoms with van der Waals surface area (Å²) in [6.45, 7) is 6.18. The third-order valence-electron chi connectivity index (χ3n) is 3.48. The van der Waals surface area contributed by atoms with Gasteiger partial charge < -0.3 is 10.7 Å². The first kappa shape index (κ1) is 13.0. The molecule has 0 saturated heterocycles. The summed E-state index contributed by atoms with van der Waals surface area (Å²) in [6.07, 6.45) is 1.72. The van der Waals surface area contributed by atoms with Crippen molar-refractivity contribution in [3.8, 4) is 0 Å². The Morgan fingerprint density at radius 2 is 1.90 bits per heavy atom. The number of rotatable bonds is 2. The second-order valence-electron chi connectivity index (χ2n) is 4.92. The van der Waals surface area contributed by atoms with Gasteiger partial charge in [-0.05, 0) is 50.1 Å². The summed E-state index contributed by atoms with van der Waals surface area (Å²) >= 11 is 1.58. The molecule has 0 atom stereocenters. The first-order valence-electron chi connectivity index (χ1n) is 6.40. The van der Waals surface area contributed by atoms with Crippen LogP contribution in [0.5, 0.6) is 0 Å². The molecule has 0 aliphatic carbocycles. The number of nitrogen functional groups attached to an aromatic ring is 1. The van der Waals surface area contributed by atoms with Gasteiger partial charge in [-0.15, -0.1) is 0 Å². The minimum Gasteiger partial charge on any atom is -0.383 e. The molecule has 0 fully saturated rings. The van der Waals surface area contributed by atoms with E-state index in [1.165, 1.54) is 11.1 Å². The number of aromatic nitrogens is 3. The molecule has 0 bridgehead atoms. The van der Waals surface area contributed by atoms with Gasteiger partial charge in [-0.2, -0.15) is 0 Å². The Kier molecular flexibility index (Phi) is 3.14. The molecular formula is C15H16N4S. The molecule has 0 aliphatic heterocycles. The number of fused-ring (bicyclic) bond motifs is 1. The zero-order valence-corrected chi connectivity index (χ0v) is 12.5. The zero-order chi connectivity index (χ0) is 14.3. The van der Waals surface area contributed by atoms with Gasteiger partial charge in [0.15, 0.2) is 5.16 Å². The Morgan fingerprint density at radius 3 is 2.70 bits per heavy atom. The Labute approximate surface area is 121 Å². The van der Waals surface area contributed by atoms with Crippen LogP contribution in [-0.4, -0.2) is 15.0 Å². The highest BCUT2D eigenvalue weighted by atomic mass is 32.2. The standard InChI is InChI=1S/C15H16N4S/c1-8-6-11-12(7-9(8)2)19-15(18-11)20-13-4-5-17-14(16)10(13)3/h4-7H,1-3H3,(H2,16,17)(H,18,19). The number of aromatic amines is 1. The molecule has 2 aromatic heterocycles. The fourth-order valence-corrected chi connectivity index (χ4v) is 2.94. The van der Waals surface area contributed by atoms with Crippen molar-refractivity contribution in [2.24, 2.45) is 0 Å². The van der Waals surface area contributed by atoms with Gasteiger partial charge in [-0.1, -0.05) is 11.8 Å². The average molecular weight is 284 g/mol. The van der Waals surface area contributed by atoms with Crippen molar-refractivity contribution in [2.45, 2.75) is 30.8 Å². The molecule has 20 heavy (non-hydrogen) atoms. The molecule has 3 N–H and O–H groups in total. The summed E-state index contributed by atoms with van der Waals surface area (Å²) in [5.74, 6) is 0.567. The van der Waals surface area contributed by atoms with E-state index >= 15 is 0 Å². The third-order valence-corrected chi connectivity index (χ3v) is 4.52. The highest BCUT2D eigenvalue weighted by Crippen LogP contribution is 2.31. The van der Waals surface area contributed by atoms with Gasteiger partial charge in [0.2, 0.25) is 0 Å². The molecule has 0 aliphatic rings. The number of anilines is 1. The van der Waals surface area contributed by atoms with E-state index in [-0.39, 0.29) is 0 Å². The van der Waals surface area contributed by atoms with Crippen LogP contribution in [0.2, 0.25) is 0 Å². The van der Waals surface area contributed by atoms with Crippen molar-refractivity contribution >= 4 is 28.6 Å². The highest BCUT2D eigenvalue weighted by molar-refractivity contribution is 7.99. The molecule has 0 saturated carbocycles. The molecule has 3 rings (SSSR count). The molecule has 0 radical (unpaired) electrons. The number of nitrogens with zero attached hydrogens (tertiary/aromatic N) is 2. The fourth-order valence-electron chi connectivity index (χ4n) is 2.04. The van der Waals surface area contributed by atoms with Crippen molar-refractivity contribution in [2.75, 3.05) is 5.73 Å². The van der Waals surface area contributed by atoms with Crippen LogP contribution in [0.25, 0.3) is 11.0 Å². The highest BCUT2D eigenvalue weighted by Gasteiger charge is 2.09. The number of benzene rings is 1. The largest absolute Gasteiger partial charge is 0.383 e. The van der Waals surface area contributed by atoms with Crippen molar-refractivity contribution in [1.29, 1.82) is 0 Å². The summed E-state index contributed by atoms with van der Waals surface area (Å²) in [5, 5.41) is 0.874. The van der Waals surface area contributed by atoms with Gasteiger partial charge in [0.1, 0.15) is 5.82 Å². The predicted octanol–water partition coefficient (Wildman–Crippen LogP) is 3.62. The smallest absolute Gasteiger partial charge is 0.171 e. The molecule has 4 nitrogen and oxygen atoms in total. The lowest BCUT2D eigenvalue weighted by Crippen LogP contribution is -1.94. The lowest BCUT2D eigenvalue weighted by molar-refractivity contribution is 1.07. The first-order valence-corrected chi connectivity index (χ1v) is 7.22. The summed E-state index contributed by atoms with van der Waals surface area (Å²) < 4.78 is 0.